The van der Waals surface area contributed by atoms with E-state index in [2.05, 4.69) is 54.3 Å². The Morgan fingerprint density at radius 2 is 2.06 bits per heavy atom. The summed E-state index contributed by atoms with van der Waals surface area (Å²) in [6.45, 7) is 6.15. The van der Waals surface area contributed by atoms with Crippen LogP contribution in [0.2, 0.25) is 0 Å². The van der Waals surface area contributed by atoms with Crippen LogP contribution < -0.4 is 5.73 Å². The lowest BCUT2D eigenvalue weighted by atomic mass is 10.1. The summed E-state index contributed by atoms with van der Waals surface area (Å²) in [7, 11) is 0. The zero-order valence-corrected chi connectivity index (χ0v) is 12.1. The molecular formula is C14H21N3S. The Kier molecular flexibility index (Phi) is 4.17. The molecule has 2 rings (SSSR count). The monoisotopic (exact) mass is 263 g/mol. The highest BCUT2D eigenvalue weighted by molar-refractivity contribution is 7.98. The zero-order chi connectivity index (χ0) is 13.1. The van der Waals surface area contributed by atoms with Crippen molar-refractivity contribution >= 4 is 17.7 Å². The second-order valence-corrected chi connectivity index (χ2v) is 5.91. The highest BCUT2D eigenvalue weighted by atomic mass is 32.2. The van der Waals surface area contributed by atoms with E-state index >= 15 is 0 Å². The van der Waals surface area contributed by atoms with Gasteiger partial charge in [-0.25, -0.2) is 0 Å². The average molecular weight is 263 g/mol. The van der Waals surface area contributed by atoms with Gasteiger partial charge in [0.1, 0.15) is 0 Å². The van der Waals surface area contributed by atoms with Crippen LogP contribution in [0.25, 0.3) is 0 Å². The van der Waals surface area contributed by atoms with Gasteiger partial charge in [-0.2, -0.15) is 0 Å². The molecule has 2 N–H and O–H groups in total. The topological polar surface area (TPSA) is 41.6 Å². The minimum atomic E-state index is 0.309. The average Bonchev–Trinajstić information content (AvgIpc) is 2.71. The quantitative estimate of drug-likeness (QED) is 0.849. The van der Waals surface area contributed by atoms with Crippen molar-refractivity contribution in [1.29, 1.82) is 0 Å². The van der Waals surface area contributed by atoms with E-state index < -0.39 is 0 Å². The number of aliphatic imine (C=N–C) groups is 1. The van der Waals surface area contributed by atoms with Gasteiger partial charge in [0, 0.05) is 11.4 Å². The molecule has 1 heterocycles. The molecule has 1 atom stereocenters. The first kappa shape index (κ1) is 13.3. The van der Waals surface area contributed by atoms with E-state index in [-0.39, 0.29) is 0 Å². The number of nitrogens with zero attached hydrogens (tertiary/aromatic N) is 2. The van der Waals surface area contributed by atoms with Crippen LogP contribution in [0.4, 0.5) is 0 Å². The highest BCUT2D eigenvalue weighted by Crippen LogP contribution is 2.27. The van der Waals surface area contributed by atoms with Gasteiger partial charge in [0.25, 0.3) is 0 Å². The first-order valence-electron chi connectivity index (χ1n) is 6.32. The minimum absolute atomic E-state index is 0.309. The number of guanidine groups is 1. The summed E-state index contributed by atoms with van der Waals surface area (Å²) in [6.07, 6.45) is 2.09. The fourth-order valence-electron chi connectivity index (χ4n) is 2.25. The van der Waals surface area contributed by atoms with Gasteiger partial charge in [-0.1, -0.05) is 26.0 Å². The predicted molar refractivity (Wildman–Crippen MR) is 79.0 cm³/mol. The van der Waals surface area contributed by atoms with E-state index in [1.54, 1.807) is 11.8 Å². The lowest BCUT2D eigenvalue weighted by molar-refractivity contribution is 0.309. The standard InChI is InChI=1S/C14H21N3S/c1-10(2)9-17-13(8-16-14(17)15)11-4-6-12(18-3)7-5-11/h4-7,10,13H,8-9H2,1-3H3,(H2,15,16). The van der Waals surface area contributed by atoms with Gasteiger partial charge in [-0.15, -0.1) is 11.8 Å². The summed E-state index contributed by atoms with van der Waals surface area (Å²) in [5, 5.41) is 0. The normalized spacial score (nSPS) is 19.4. The van der Waals surface area contributed by atoms with Crippen molar-refractivity contribution in [3.63, 3.8) is 0 Å². The maximum Gasteiger partial charge on any atom is 0.191 e. The molecule has 1 aliphatic rings. The SMILES string of the molecule is CSc1ccc(C2CN=C(N)N2CC(C)C)cc1. The smallest absolute Gasteiger partial charge is 0.191 e. The van der Waals surface area contributed by atoms with Gasteiger partial charge >= 0.3 is 0 Å². The maximum atomic E-state index is 5.98. The first-order valence-corrected chi connectivity index (χ1v) is 7.54. The molecule has 0 aliphatic carbocycles. The summed E-state index contributed by atoms with van der Waals surface area (Å²) in [4.78, 5) is 7.90. The number of hydrogen-bond donors (Lipinski definition) is 1. The van der Waals surface area contributed by atoms with Crippen LogP contribution >= 0.6 is 11.8 Å². The largest absolute Gasteiger partial charge is 0.370 e. The molecule has 4 heteroatoms. The molecule has 0 aromatic heterocycles. The van der Waals surface area contributed by atoms with Gasteiger partial charge in [-0.3, -0.25) is 4.99 Å². The van der Waals surface area contributed by atoms with E-state index in [0.717, 1.165) is 13.1 Å². The molecule has 0 amide bonds. The van der Waals surface area contributed by atoms with E-state index in [9.17, 15) is 0 Å². The molecule has 0 fully saturated rings. The Morgan fingerprint density at radius 3 is 2.61 bits per heavy atom. The fourth-order valence-corrected chi connectivity index (χ4v) is 2.66. The summed E-state index contributed by atoms with van der Waals surface area (Å²) < 4.78 is 0. The van der Waals surface area contributed by atoms with Crippen LogP contribution in [-0.2, 0) is 0 Å². The third-order valence-corrected chi connectivity index (χ3v) is 3.90. The van der Waals surface area contributed by atoms with Crippen molar-refractivity contribution in [2.24, 2.45) is 16.6 Å². The molecule has 18 heavy (non-hydrogen) atoms. The van der Waals surface area contributed by atoms with Crippen molar-refractivity contribution in [3.8, 4) is 0 Å². The second-order valence-electron chi connectivity index (χ2n) is 5.03. The molecule has 1 aliphatic heterocycles. The predicted octanol–water partition coefficient (Wildman–Crippen LogP) is 2.74. The summed E-state index contributed by atoms with van der Waals surface area (Å²) in [5.74, 6) is 1.27. The molecule has 98 valence electrons. The molecular weight excluding hydrogens is 242 g/mol. The molecule has 1 unspecified atom stereocenters. The summed E-state index contributed by atoms with van der Waals surface area (Å²) >= 11 is 1.77. The van der Waals surface area contributed by atoms with E-state index in [4.69, 9.17) is 5.73 Å². The van der Waals surface area contributed by atoms with Gasteiger partial charge in [0.15, 0.2) is 5.96 Å². The third-order valence-electron chi connectivity index (χ3n) is 3.16. The lowest BCUT2D eigenvalue weighted by Gasteiger charge is -2.28. The molecule has 0 spiro atoms. The van der Waals surface area contributed by atoms with Crippen molar-refractivity contribution in [2.45, 2.75) is 24.8 Å². The fraction of sp³-hybridized carbons (Fsp3) is 0.500. The summed E-state index contributed by atoms with van der Waals surface area (Å²) in [6, 6.07) is 9.03. The van der Waals surface area contributed by atoms with Crippen molar-refractivity contribution in [3.05, 3.63) is 29.8 Å². The van der Waals surface area contributed by atoms with Crippen LogP contribution in [0.3, 0.4) is 0 Å². The molecule has 0 bridgehead atoms. The molecule has 0 radical (unpaired) electrons. The van der Waals surface area contributed by atoms with Crippen LogP contribution in [0.5, 0.6) is 0 Å². The molecule has 1 aromatic rings. The third kappa shape index (κ3) is 2.80. The van der Waals surface area contributed by atoms with Gasteiger partial charge in [-0.05, 0) is 29.9 Å². The minimum Gasteiger partial charge on any atom is -0.370 e. The van der Waals surface area contributed by atoms with Crippen LogP contribution in [0.1, 0.15) is 25.5 Å². The maximum absolute atomic E-state index is 5.98. The van der Waals surface area contributed by atoms with Gasteiger partial charge in [0.05, 0.1) is 12.6 Å². The Hall–Kier alpha value is -1.16. The number of nitrogens with two attached hydrogens (primary N) is 1. The zero-order valence-electron chi connectivity index (χ0n) is 11.3. The summed E-state index contributed by atoms with van der Waals surface area (Å²) in [5.41, 5.74) is 7.29. The Morgan fingerprint density at radius 1 is 1.39 bits per heavy atom. The highest BCUT2D eigenvalue weighted by Gasteiger charge is 2.27. The molecule has 0 saturated carbocycles. The van der Waals surface area contributed by atoms with Crippen molar-refractivity contribution in [1.82, 2.24) is 4.90 Å². The molecule has 0 saturated heterocycles. The van der Waals surface area contributed by atoms with Crippen LogP contribution in [0.15, 0.2) is 34.2 Å². The van der Waals surface area contributed by atoms with Gasteiger partial charge in [0.2, 0.25) is 0 Å². The number of hydrogen-bond acceptors (Lipinski definition) is 4. The van der Waals surface area contributed by atoms with E-state index in [1.165, 1.54) is 10.5 Å². The van der Waals surface area contributed by atoms with Gasteiger partial charge < -0.3 is 10.6 Å². The first-order chi connectivity index (χ1) is 8.61. The number of rotatable bonds is 4. The second kappa shape index (κ2) is 5.65. The Bertz CT molecular complexity index is 425. The van der Waals surface area contributed by atoms with Crippen molar-refractivity contribution < 1.29 is 0 Å². The Balaban J connectivity index is 2.16. The Labute approximate surface area is 113 Å². The molecule has 3 nitrogen and oxygen atoms in total. The van der Waals surface area contributed by atoms with E-state index in [1.807, 2.05) is 0 Å². The molecule has 1 aromatic carbocycles. The van der Waals surface area contributed by atoms with Crippen LogP contribution in [0, 0.1) is 5.92 Å². The lowest BCUT2D eigenvalue weighted by Crippen LogP contribution is -2.38. The number of benzene rings is 1. The van der Waals surface area contributed by atoms with Crippen molar-refractivity contribution in [2.75, 3.05) is 19.3 Å². The number of thioether (sulfide) groups is 1. The van der Waals surface area contributed by atoms with E-state index in [0.29, 0.717) is 17.9 Å². The van der Waals surface area contributed by atoms with Crippen LogP contribution in [-0.4, -0.2) is 30.2 Å².